The Hall–Kier alpha value is -1.78. The van der Waals surface area contributed by atoms with Gasteiger partial charge in [0.05, 0.1) is 11.0 Å². The Morgan fingerprint density at radius 3 is 2.76 bits per heavy atom. The molecule has 0 fully saturated rings. The van der Waals surface area contributed by atoms with Crippen molar-refractivity contribution >= 4 is 22.4 Å². The molecule has 3 rings (SSSR count). The summed E-state index contributed by atoms with van der Waals surface area (Å²) in [4.78, 5) is 10.2. The van der Waals surface area contributed by atoms with E-state index in [0.717, 1.165) is 30.4 Å². The summed E-state index contributed by atoms with van der Waals surface area (Å²) in [6, 6.07) is 11.0. The molecule has 1 N–H and O–H groups in total. The molecule has 3 aromatic rings. The number of aromatic nitrogens is 2. The van der Waals surface area contributed by atoms with Gasteiger partial charge in [0.2, 0.25) is 0 Å². The summed E-state index contributed by atoms with van der Waals surface area (Å²) < 4.78 is 0. The monoisotopic (exact) mass is 297 g/mol. The smallest absolute Gasteiger partial charge is 0.0890 e. The van der Waals surface area contributed by atoms with Gasteiger partial charge in [-0.05, 0) is 42.1 Å². The van der Waals surface area contributed by atoms with Crippen LogP contribution in [0.1, 0.15) is 29.8 Å². The van der Waals surface area contributed by atoms with Crippen molar-refractivity contribution in [3.8, 4) is 0 Å². The van der Waals surface area contributed by atoms with Crippen molar-refractivity contribution in [1.82, 2.24) is 15.3 Å². The Balaban J connectivity index is 1.89. The summed E-state index contributed by atoms with van der Waals surface area (Å²) in [6.45, 7) is 3.22. The van der Waals surface area contributed by atoms with Crippen LogP contribution in [0.4, 0.5) is 0 Å². The van der Waals surface area contributed by atoms with Crippen molar-refractivity contribution in [3.63, 3.8) is 0 Å². The van der Waals surface area contributed by atoms with E-state index in [1.807, 2.05) is 11.3 Å². The largest absolute Gasteiger partial charge is 0.310 e. The third kappa shape index (κ3) is 3.46. The van der Waals surface area contributed by atoms with Gasteiger partial charge >= 0.3 is 0 Å². The van der Waals surface area contributed by atoms with Crippen LogP contribution in [-0.4, -0.2) is 16.5 Å². The van der Waals surface area contributed by atoms with Gasteiger partial charge in [-0.15, -0.1) is 11.3 Å². The zero-order valence-corrected chi connectivity index (χ0v) is 12.9. The Bertz CT molecular complexity index is 694. The fourth-order valence-corrected chi connectivity index (χ4v) is 3.21. The lowest BCUT2D eigenvalue weighted by molar-refractivity contribution is 0.532. The molecular formula is C17H19N3S. The van der Waals surface area contributed by atoms with Gasteiger partial charge in [-0.25, -0.2) is 0 Å². The quantitative estimate of drug-likeness (QED) is 0.748. The highest BCUT2D eigenvalue weighted by Crippen LogP contribution is 2.23. The van der Waals surface area contributed by atoms with Crippen LogP contribution in [0.5, 0.6) is 0 Å². The minimum Gasteiger partial charge on any atom is -0.310 e. The molecule has 1 aromatic carbocycles. The third-order valence-electron chi connectivity index (χ3n) is 3.52. The van der Waals surface area contributed by atoms with E-state index in [1.165, 1.54) is 10.4 Å². The SMILES string of the molecule is CCCNC(Cc1cccs1)c1ccc2nccnc2c1. The normalized spacial score (nSPS) is 12.6. The highest BCUT2D eigenvalue weighted by molar-refractivity contribution is 7.09. The second-order valence-electron chi connectivity index (χ2n) is 5.09. The number of rotatable bonds is 6. The molecule has 0 saturated heterocycles. The summed E-state index contributed by atoms with van der Waals surface area (Å²) in [5, 5.41) is 5.78. The molecule has 0 spiro atoms. The van der Waals surface area contributed by atoms with E-state index in [-0.39, 0.29) is 0 Å². The molecule has 4 heteroatoms. The van der Waals surface area contributed by atoms with Crippen LogP contribution in [-0.2, 0) is 6.42 Å². The van der Waals surface area contributed by atoms with Gasteiger partial charge in [-0.1, -0.05) is 19.1 Å². The number of fused-ring (bicyclic) bond motifs is 1. The average Bonchev–Trinajstić information content (AvgIpc) is 3.04. The van der Waals surface area contributed by atoms with Gasteiger partial charge < -0.3 is 5.32 Å². The lowest BCUT2D eigenvalue weighted by Gasteiger charge is -2.18. The fourth-order valence-electron chi connectivity index (χ4n) is 2.45. The third-order valence-corrected chi connectivity index (χ3v) is 4.42. The van der Waals surface area contributed by atoms with Gasteiger partial charge in [-0.2, -0.15) is 0 Å². The summed E-state index contributed by atoms with van der Waals surface area (Å²) in [5.74, 6) is 0. The predicted octanol–water partition coefficient (Wildman–Crippen LogP) is 3.97. The molecule has 0 aliphatic carbocycles. The molecule has 0 radical (unpaired) electrons. The number of hydrogen-bond donors (Lipinski definition) is 1. The van der Waals surface area contributed by atoms with Gasteiger partial charge in [-0.3, -0.25) is 9.97 Å². The topological polar surface area (TPSA) is 37.8 Å². The maximum atomic E-state index is 4.41. The molecule has 0 aliphatic rings. The van der Waals surface area contributed by atoms with Crippen molar-refractivity contribution in [2.75, 3.05) is 6.54 Å². The Labute approximate surface area is 129 Å². The number of nitrogens with one attached hydrogen (secondary N) is 1. The molecule has 21 heavy (non-hydrogen) atoms. The zero-order chi connectivity index (χ0) is 14.5. The lowest BCUT2D eigenvalue weighted by atomic mass is 10.0. The highest BCUT2D eigenvalue weighted by atomic mass is 32.1. The molecule has 1 atom stereocenters. The predicted molar refractivity (Wildman–Crippen MR) is 88.6 cm³/mol. The van der Waals surface area contributed by atoms with E-state index in [9.17, 15) is 0 Å². The molecule has 3 nitrogen and oxygen atoms in total. The van der Waals surface area contributed by atoms with Gasteiger partial charge in [0.1, 0.15) is 0 Å². The van der Waals surface area contributed by atoms with Crippen LogP contribution in [0.3, 0.4) is 0 Å². The second-order valence-corrected chi connectivity index (χ2v) is 6.13. The molecule has 0 bridgehead atoms. The first-order chi connectivity index (χ1) is 10.4. The van der Waals surface area contributed by atoms with E-state index in [1.54, 1.807) is 12.4 Å². The Kier molecular flexibility index (Phi) is 4.58. The molecule has 108 valence electrons. The zero-order valence-electron chi connectivity index (χ0n) is 12.1. The minimum atomic E-state index is 0.329. The summed E-state index contributed by atoms with van der Waals surface area (Å²) in [7, 11) is 0. The number of thiophene rings is 1. The first-order valence-corrected chi connectivity index (χ1v) is 8.21. The van der Waals surface area contributed by atoms with Crippen molar-refractivity contribution in [2.24, 2.45) is 0 Å². The number of hydrogen-bond acceptors (Lipinski definition) is 4. The van der Waals surface area contributed by atoms with Crippen LogP contribution in [0.2, 0.25) is 0 Å². The number of nitrogens with zero attached hydrogens (tertiary/aromatic N) is 2. The van der Waals surface area contributed by atoms with E-state index in [4.69, 9.17) is 0 Å². The second kappa shape index (κ2) is 6.78. The molecule has 0 aliphatic heterocycles. The Morgan fingerprint density at radius 2 is 2.00 bits per heavy atom. The van der Waals surface area contributed by atoms with Crippen molar-refractivity contribution in [2.45, 2.75) is 25.8 Å². The molecular weight excluding hydrogens is 278 g/mol. The van der Waals surface area contributed by atoms with E-state index in [0.29, 0.717) is 6.04 Å². The maximum Gasteiger partial charge on any atom is 0.0890 e. The van der Waals surface area contributed by atoms with Gasteiger partial charge in [0.25, 0.3) is 0 Å². The Morgan fingerprint density at radius 1 is 1.14 bits per heavy atom. The first kappa shape index (κ1) is 14.2. The van der Waals surface area contributed by atoms with Crippen molar-refractivity contribution < 1.29 is 0 Å². The molecule has 0 amide bonds. The standard InChI is InChI=1S/C17H19N3S/c1-2-7-18-16(12-14-4-3-10-21-14)13-5-6-15-17(11-13)20-9-8-19-15/h3-6,8-11,16,18H,2,7,12H2,1H3. The molecule has 2 aromatic heterocycles. The van der Waals surface area contributed by atoms with Crippen LogP contribution in [0.15, 0.2) is 48.1 Å². The van der Waals surface area contributed by atoms with Crippen LogP contribution in [0, 0.1) is 0 Å². The van der Waals surface area contributed by atoms with E-state index >= 15 is 0 Å². The van der Waals surface area contributed by atoms with E-state index < -0.39 is 0 Å². The van der Waals surface area contributed by atoms with E-state index in [2.05, 4.69) is 57.9 Å². The average molecular weight is 297 g/mol. The van der Waals surface area contributed by atoms with Crippen LogP contribution < -0.4 is 5.32 Å². The molecule has 0 saturated carbocycles. The van der Waals surface area contributed by atoms with Gasteiger partial charge in [0, 0.05) is 29.7 Å². The number of benzene rings is 1. The first-order valence-electron chi connectivity index (χ1n) is 7.33. The maximum absolute atomic E-state index is 4.41. The minimum absolute atomic E-state index is 0.329. The van der Waals surface area contributed by atoms with Crippen LogP contribution in [0.25, 0.3) is 11.0 Å². The summed E-state index contributed by atoms with van der Waals surface area (Å²) >= 11 is 1.82. The van der Waals surface area contributed by atoms with Crippen molar-refractivity contribution in [3.05, 3.63) is 58.5 Å². The lowest BCUT2D eigenvalue weighted by Crippen LogP contribution is -2.23. The molecule has 1 unspecified atom stereocenters. The van der Waals surface area contributed by atoms with Crippen LogP contribution >= 0.6 is 11.3 Å². The summed E-state index contributed by atoms with van der Waals surface area (Å²) in [6.07, 6.45) is 5.64. The molecule has 2 heterocycles. The van der Waals surface area contributed by atoms with Gasteiger partial charge in [0.15, 0.2) is 0 Å². The highest BCUT2D eigenvalue weighted by Gasteiger charge is 2.13. The fraction of sp³-hybridized carbons (Fsp3) is 0.294. The summed E-state index contributed by atoms with van der Waals surface area (Å²) in [5.41, 5.74) is 3.20. The van der Waals surface area contributed by atoms with Crippen molar-refractivity contribution in [1.29, 1.82) is 0 Å².